The van der Waals surface area contributed by atoms with Crippen molar-refractivity contribution in [1.82, 2.24) is 24.1 Å². The van der Waals surface area contributed by atoms with Crippen molar-refractivity contribution in [2.45, 2.75) is 20.8 Å². The molecule has 0 amide bonds. The molecule has 27 heavy (non-hydrogen) atoms. The Kier molecular flexibility index (Phi) is 3.37. The van der Waals surface area contributed by atoms with E-state index in [9.17, 15) is 0 Å². The van der Waals surface area contributed by atoms with Crippen molar-refractivity contribution < 1.29 is 0 Å². The summed E-state index contributed by atoms with van der Waals surface area (Å²) in [6.45, 7) is 6.33. The number of aromatic nitrogens is 5. The summed E-state index contributed by atoms with van der Waals surface area (Å²) in [6, 6.07) is 18.5. The first kappa shape index (κ1) is 15.8. The Balaban J connectivity index is 1.83. The van der Waals surface area contributed by atoms with Gasteiger partial charge in [-0.1, -0.05) is 42.5 Å². The molecule has 0 spiro atoms. The molecule has 3 heterocycles. The Bertz CT molecular complexity index is 1300. The normalized spacial score (nSPS) is 11.5. The van der Waals surface area contributed by atoms with Gasteiger partial charge in [0, 0.05) is 16.9 Å². The van der Waals surface area contributed by atoms with Crippen molar-refractivity contribution in [3.8, 4) is 17.1 Å². The van der Waals surface area contributed by atoms with Crippen molar-refractivity contribution in [3.63, 3.8) is 0 Å². The molecule has 5 rings (SSSR count). The monoisotopic (exact) mass is 353 g/mol. The highest BCUT2D eigenvalue weighted by Gasteiger charge is 2.19. The van der Waals surface area contributed by atoms with Crippen molar-refractivity contribution in [2.24, 2.45) is 0 Å². The van der Waals surface area contributed by atoms with E-state index in [1.165, 1.54) is 5.56 Å². The van der Waals surface area contributed by atoms with Gasteiger partial charge in [-0.25, -0.2) is 14.5 Å². The molecule has 132 valence electrons. The minimum Gasteiger partial charge on any atom is -0.298 e. The van der Waals surface area contributed by atoms with Gasteiger partial charge in [0.2, 0.25) is 0 Å². The molecular weight excluding hydrogens is 334 g/mol. The SMILES string of the molecule is Cc1ccccc1-c1nc2c3c(C)c(C)n(-c4ccccc4)c3ncn2n1. The lowest BCUT2D eigenvalue weighted by Crippen LogP contribution is -1.98. The van der Waals surface area contributed by atoms with E-state index < -0.39 is 0 Å². The molecule has 0 radical (unpaired) electrons. The second-order valence-corrected chi connectivity index (χ2v) is 6.84. The third-order valence-electron chi connectivity index (χ3n) is 5.23. The van der Waals surface area contributed by atoms with Gasteiger partial charge < -0.3 is 0 Å². The summed E-state index contributed by atoms with van der Waals surface area (Å²) in [5.41, 5.74) is 7.40. The first-order valence-corrected chi connectivity index (χ1v) is 8.99. The number of para-hydroxylation sites is 1. The summed E-state index contributed by atoms with van der Waals surface area (Å²) in [4.78, 5) is 9.60. The van der Waals surface area contributed by atoms with Crippen molar-refractivity contribution in [2.75, 3.05) is 0 Å². The smallest absolute Gasteiger partial charge is 0.182 e. The van der Waals surface area contributed by atoms with Crippen LogP contribution in [0.25, 0.3) is 33.8 Å². The summed E-state index contributed by atoms with van der Waals surface area (Å²) in [5.74, 6) is 0.729. The van der Waals surface area contributed by atoms with Gasteiger partial charge in [0.05, 0.1) is 5.39 Å². The fraction of sp³-hybridized carbons (Fsp3) is 0.136. The topological polar surface area (TPSA) is 48.0 Å². The van der Waals surface area contributed by atoms with Crippen LogP contribution in [0.1, 0.15) is 16.8 Å². The largest absolute Gasteiger partial charge is 0.298 e. The minimum absolute atomic E-state index is 0.729. The molecule has 5 heteroatoms. The molecule has 0 saturated heterocycles. The van der Waals surface area contributed by atoms with Crippen LogP contribution in [0.3, 0.4) is 0 Å². The molecule has 0 aliphatic carbocycles. The fourth-order valence-electron chi connectivity index (χ4n) is 3.69. The van der Waals surface area contributed by atoms with E-state index in [1.807, 2.05) is 30.3 Å². The summed E-state index contributed by atoms with van der Waals surface area (Å²) in [6.07, 6.45) is 1.75. The molecule has 5 aromatic rings. The van der Waals surface area contributed by atoms with Crippen LogP contribution >= 0.6 is 0 Å². The molecule has 0 unspecified atom stereocenters. The lowest BCUT2D eigenvalue weighted by molar-refractivity contribution is 0.926. The standard InChI is InChI=1S/C22H19N5/c1-14-9-7-8-12-18(14)20-24-22-19-15(2)16(3)27(17-10-5-4-6-11-17)21(19)23-13-26(22)25-20/h4-13H,1-3H3. The van der Waals surface area contributed by atoms with E-state index in [4.69, 9.17) is 9.97 Å². The van der Waals surface area contributed by atoms with Gasteiger partial charge in [-0.3, -0.25) is 4.57 Å². The maximum atomic E-state index is 4.88. The quantitative estimate of drug-likeness (QED) is 0.464. The molecule has 2 aromatic carbocycles. The van der Waals surface area contributed by atoms with Crippen molar-refractivity contribution in [1.29, 1.82) is 0 Å². The van der Waals surface area contributed by atoms with Crippen LogP contribution in [0.4, 0.5) is 0 Å². The molecule has 0 aliphatic rings. The summed E-state index contributed by atoms with van der Waals surface area (Å²) < 4.78 is 3.97. The third kappa shape index (κ3) is 2.28. The molecule has 3 aromatic heterocycles. The maximum absolute atomic E-state index is 4.88. The summed E-state index contributed by atoms with van der Waals surface area (Å²) >= 11 is 0. The van der Waals surface area contributed by atoms with E-state index in [1.54, 1.807) is 10.8 Å². The van der Waals surface area contributed by atoms with Gasteiger partial charge in [-0.2, -0.15) is 0 Å². The summed E-state index contributed by atoms with van der Waals surface area (Å²) in [7, 11) is 0. The molecule has 0 fully saturated rings. The first-order valence-electron chi connectivity index (χ1n) is 8.99. The van der Waals surface area contributed by atoms with E-state index >= 15 is 0 Å². The molecule has 0 saturated carbocycles. The number of hydrogen-bond donors (Lipinski definition) is 0. The lowest BCUT2D eigenvalue weighted by Gasteiger charge is -2.07. The van der Waals surface area contributed by atoms with Gasteiger partial charge in [-0.15, -0.1) is 5.10 Å². The van der Waals surface area contributed by atoms with E-state index in [0.717, 1.165) is 45.0 Å². The molecule has 0 N–H and O–H groups in total. The van der Waals surface area contributed by atoms with E-state index in [0.29, 0.717) is 0 Å². The minimum atomic E-state index is 0.729. The van der Waals surface area contributed by atoms with Crippen LogP contribution in [-0.2, 0) is 0 Å². The lowest BCUT2D eigenvalue weighted by atomic mass is 10.1. The van der Waals surface area contributed by atoms with Crippen LogP contribution in [0, 0.1) is 20.8 Å². The Labute approximate surface area is 156 Å². The van der Waals surface area contributed by atoms with Crippen LogP contribution in [0.15, 0.2) is 60.9 Å². The fourth-order valence-corrected chi connectivity index (χ4v) is 3.69. The Hall–Kier alpha value is -3.47. The Morgan fingerprint density at radius 1 is 0.815 bits per heavy atom. The van der Waals surface area contributed by atoms with Gasteiger partial charge >= 0.3 is 0 Å². The number of benzene rings is 2. The first-order chi connectivity index (χ1) is 13.1. The average molecular weight is 353 g/mol. The predicted molar refractivity (Wildman–Crippen MR) is 107 cm³/mol. The Morgan fingerprint density at radius 3 is 2.33 bits per heavy atom. The molecule has 0 aliphatic heterocycles. The zero-order chi connectivity index (χ0) is 18.5. The zero-order valence-electron chi connectivity index (χ0n) is 15.5. The van der Waals surface area contributed by atoms with Crippen LogP contribution in [-0.4, -0.2) is 24.1 Å². The Morgan fingerprint density at radius 2 is 1.56 bits per heavy atom. The predicted octanol–water partition coefficient (Wildman–Crippen LogP) is 4.66. The van der Waals surface area contributed by atoms with Gasteiger partial charge in [0.15, 0.2) is 17.1 Å². The number of nitrogens with zero attached hydrogens (tertiary/aromatic N) is 5. The van der Waals surface area contributed by atoms with Gasteiger partial charge in [-0.05, 0) is 44.0 Å². The van der Waals surface area contributed by atoms with Crippen LogP contribution in [0.5, 0.6) is 0 Å². The second-order valence-electron chi connectivity index (χ2n) is 6.84. The number of fused-ring (bicyclic) bond motifs is 3. The highest BCUT2D eigenvalue weighted by molar-refractivity contribution is 5.95. The highest BCUT2D eigenvalue weighted by Crippen LogP contribution is 2.30. The van der Waals surface area contributed by atoms with E-state index in [2.05, 4.69) is 54.7 Å². The zero-order valence-corrected chi connectivity index (χ0v) is 15.5. The number of aryl methyl sites for hydroxylation is 2. The van der Waals surface area contributed by atoms with Crippen molar-refractivity contribution in [3.05, 3.63) is 77.7 Å². The molecule has 0 bridgehead atoms. The van der Waals surface area contributed by atoms with Crippen LogP contribution < -0.4 is 0 Å². The molecule has 5 nitrogen and oxygen atoms in total. The van der Waals surface area contributed by atoms with Crippen molar-refractivity contribution >= 4 is 16.7 Å². The van der Waals surface area contributed by atoms with Gasteiger partial charge in [0.1, 0.15) is 6.33 Å². The number of rotatable bonds is 2. The highest BCUT2D eigenvalue weighted by atomic mass is 15.3. The molecule has 0 atom stereocenters. The van der Waals surface area contributed by atoms with E-state index in [-0.39, 0.29) is 0 Å². The summed E-state index contributed by atoms with van der Waals surface area (Å²) in [5, 5.41) is 5.73. The van der Waals surface area contributed by atoms with Gasteiger partial charge in [0.25, 0.3) is 0 Å². The second kappa shape index (κ2) is 5.77. The third-order valence-corrected chi connectivity index (χ3v) is 5.23. The number of hydrogen-bond acceptors (Lipinski definition) is 3. The average Bonchev–Trinajstić information content (AvgIpc) is 3.22. The molecular formula is C22H19N5. The maximum Gasteiger partial charge on any atom is 0.182 e. The van der Waals surface area contributed by atoms with Crippen LogP contribution in [0.2, 0.25) is 0 Å².